The van der Waals surface area contributed by atoms with E-state index in [4.69, 9.17) is 18.2 Å². The summed E-state index contributed by atoms with van der Waals surface area (Å²) < 4.78 is 0. The molecule has 0 radical (unpaired) electrons. The molecular weight excluding hydrogens is 300 g/mol. The van der Waals surface area contributed by atoms with E-state index in [0.29, 0.717) is 11.4 Å². The van der Waals surface area contributed by atoms with E-state index < -0.39 is 5.92 Å². The Balaban J connectivity index is 1.92. The van der Waals surface area contributed by atoms with Crippen LogP contribution < -0.4 is 5.32 Å². The number of hydrogen-bond donors (Lipinski definition) is 1. The fraction of sp³-hybridized carbons (Fsp3) is 0.250. The van der Waals surface area contributed by atoms with E-state index in [-0.39, 0.29) is 11.2 Å². The van der Waals surface area contributed by atoms with Gasteiger partial charge in [0.2, 0.25) is 11.2 Å². The average molecular weight is 311 g/mol. The Kier molecular flexibility index (Phi) is 2.88. The highest BCUT2D eigenvalue weighted by Crippen LogP contribution is 2.41. The molecule has 1 aromatic carbocycles. The lowest BCUT2D eigenvalue weighted by Gasteiger charge is -2.13. The Hall–Kier alpha value is -2.45. The summed E-state index contributed by atoms with van der Waals surface area (Å²) in [7, 11) is 0. The number of amides is 1. The minimum absolute atomic E-state index is 0.124. The lowest BCUT2D eigenvalue weighted by atomic mass is 9.93. The third-order valence-electron chi connectivity index (χ3n) is 4.21. The first-order chi connectivity index (χ1) is 10.7. The first kappa shape index (κ1) is 13.2. The molecular formula is C16H11ClN4O. The van der Waals surface area contributed by atoms with Crippen molar-refractivity contribution in [3.05, 3.63) is 57.4 Å². The van der Waals surface area contributed by atoms with Crippen molar-refractivity contribution in [1.29, 1.82) is 0 Å². The van der Waals surface area contributed by atoms with Crippen molar-refractivity contribution in [2.45, 2.75) is 25.2 Å². The van der Waals surface area contributed by atoms with Crippen molar-refractivity contribution < 1.29 is 4.79 Å². The van der Waals surface area contributed by atoms with Crippen molar-refractivity contribution in [2.24, 2.45) is 0 Å². The second kappa shape index (κ2) is 4.79. The predicted molar refractivity (Wildman–Crippen MR) is 82.2 cm³/mol. The van der Waals surface area contributed by atoms with E-state index in [1.165, 1.54) is 0 Å². The van der Waals surface area contributed by atoms with Crippen LogP contribution in [0.5, 0.6) is 0 Å². The van der Waals surface area contributed by atoms with Gasteiger partial charge in [0.1, 0.15) is 5.92 Å². The number of nitrogens with zero attached hydrogens (tertiary/aromatic N) is 3. The van der Waals surface area contributed by atoms with Crippen LogP contribution in [0.4, 0.5) is 11.4 Å². The summed E-state index contributed by atoms with van der Waals surface area (Å²) in [6, 6.07) is 5.22. The highest BCUT2D eigenvalue weighted by atomic mass is 35.5. The van der Waals surface area contributed by atoms with Gasteiger partial charge in [-0.05, 0) is 48.1 Å². The number of aromatic nitrogens is 2. The van der Waals surface area contributed by atoms with Gasteiger partial charge in [0.15, 0.2) is 5.69 Å². The zero-order chi connectivity index (χ0) is 15.3. The average Bonchev–Trinajstić information content (AvgIpc) is 3.08. The first-order valence-corrected chi connectivity index (χ1v) is 7.42. The molecule has 22 heavy (non-hydrogen) atoms. The minimum Gasteiger partial charge on any atom is -0.325 e. The Bertz CT molecular complexity index is 856. The molecule has 0 saturated carbocycles. The van der Waals surface area contributed by atoms with Gasteiger partial charge in [-0.15, -0.1) is 0 Å². The van der Waals surface area contributed by atoms with Gasteiger partial charge in [-0.2, -0.15) is 0 Å². The maximum absolute atomic E-state index is 12.5. The summed E-state index contributed by atoms with van der Waals surface area (Å²) in [4.78, 5) is 24.5. The normalized spacial score (nSPS) is 18.5. The smallest absolute Gasteiger partial charge is 0.238 e. The molecule has 1 atom stereocenters. The standard InChI is InChI=1S/C16H11ClN4O/c1-18-8-5-6-12-10(7-8)13(15(22)19-12)14-9-3-2-4-11(9)20-16(17)21-14/h5-7,13H,2-4H2,(H,19,22). The number of nitrogens with one attached hydrogen (secondary N) is 1. The molecule has 6 heteroatoms. The van der Waals surface area contributed by atoms with Crippen LogP contribution in [-0.2, 0) is 17.6 Å². The molecule has 1 amide bonds. The van der Waals surface area contributed by atoms with E-state index in [1.807, 2.05) is 0 Å². The van der Waals surface area contributed by atoms with Crippen LogP contribution in [0.15, 0.2) is 18.2 Å². The summed E-state index contributed by atoms with van der Waals surface area (Å²) >= 11 is 6.04. The van der Waals surface area contributed by atoms with Crippen LogP contribution in [0.2, 0.25) is 5.28 Å². The Labute approximate surface area is 132 Å². The maximum atomic E-state index is 12.5. The number of aryl methyl sites for hydroxylation is 1. The number of anilines is 1. The van der Waals surface area contributed by atoms with Crippen molar-refractivity contribution >= 4 is 28.9 Å². The number of halogens is 1. The first-order valence-electron chi connectivity index (χ1n) is 7.05. The molecule has 5 nitrogen and oxygen atoms in total. The highest BCUT2D eigenvalue weighted by Gasteiger charge is 2.36. The number of benzene rings is 1. The molecule has 1 aliphatic heterocycles. The summed E-state index contributed by atoms with van der Waals surface area (Å²) in [5.41, 5.74) is 4.71. The zero-order valence-electron chi connectivity index (χ0n) is 11.6. The molecule has 4 rings (SSSR count). The van der Waals surface area contributed by atoms with Gasteiger partial charge in [0.25, 0.3) is 0 Å². The molecule has 1 aliphatic carbocycles. The number of hydrogen-bond acceptors (Lipinski definition) is 3. The van der Waals surface area contributed by atoms with Gasteiger partial charge in [-0.1, -0.05) is 12.1 Å². The van der Waals surface area contributed by atoms with Gasteiger partial charge in [0.05, 0.1) is 12.3 Å². The number of carbonyl (C=O) groups excluding carboxylic acids is 1. The predicted octanol–water partition coefficient (Wildman–Crippen LogP) is 3.25. The van der Waals surface area contributed by atoms with E-state index in [9.17, 15) is 4.79 Å². The zero-order valence-corrected chi connectivity index (χ0v) is 12.3. The summed E-state index contributed by atoms with van der Waals surface area (Å²) in [5.74, 6) is -0.634. The third kappa shape index (κ3) is 1.88. The molecule has 108 valence electrons. The lowest BCUT2D eigenvalue weighted by molar-refractivity contribution is -0.116. The topological polar surface area (TPSA) is 59.2 Å². The summed E-state index contributed by atoms with van der Waals surface area (Å²) in [5, 5.41) is 3.04. The molecule has 1 unspecified atom stereocenters. The largest absolute Gasteiger partial charge is 0.325 e. The van der Waals surface area contributed by atoms with Crippen LogP contribution in [0.25, 0.3) is 4.85 Å². The highest BCUT2D eigenvalue weighted by molar-refractivity contribution is 6.28. The van der Waals surface area contributed by atoms with Gasteiger partial charge in [-0.25, -0.2) is 14.8 Å². The molecule has 2 aliphatic rings. The van der Waals surface area contributed by atoms with E-state index in [2.05, 4.69) is 20.1 Å². The van der Waals surface area contributed by atoms with Crippen LogP contribution in [-0.4, -0.2) is 15.9 Å². The molecule has 1 aromatic heterocycles. The van der Waals surface area contributed by atoms with Crippen LogP contribution >= 0.6 is 11.6 Å². The molecule has 0 spiro atoms. The summed E-state index contributed by atoms with van der Waals surface area (Å²) in [6.07, 6.45) is 2.73. The van der Waals surface area contributed by atoms with Crippen molar-refractivity contribution in [3.8, 4) is 0 Å². The number of fused-ring (bicyclic) bond motifs is 2. The number of carbonyl (C=O) groups is 1. The van der Waals surface area contributed by atoms with Gasteiger partial charge < -0.3 is 5.32 Å². The van der Waals surface area contributed by atoms with Gasteiger partial charge in [-0.3, -0.25) is 4.79 Å². The quantitative estimate of drug-likeness (QED) is 0.649. The molecule has 1 N–H and O–H groups in total. The second-order valence-electron chi connectivity index (χ2n) is 5.46. The van der Waals surface area contributed by atoms with E-state index in [0.717, 1.165) is 41.8 Å². The minimum atomic E-state index is -0.510. The summed E-state index contributed by atoms with van der Waals surface area (Å²) in [6.45, 7) is 7.16. The Morgan fingerprint density at radius 1 is 1.32 bits per heavy atom. The maximum Gasteiger partial charge on any atom is 0.238 e. The second-order valence-corrected chi connectivity index (χ2v) is 5.80. The van der Waals surface area contributed by atoms with E-state index >= 15 is 0 Å². The van der Waals surface area contributed by atoms with Crippen molar-refractivity contribution in [2.75, 3.05) is 5.32 Å². The van der Waals surface area contributed by atoms with Gasteiger partial charge in [0, 0.05) is 11.4 Å². The molecule has 0 saturated heterocycles. The lowest BCUT2D eigenvalue weighted by Crippen LogP contribution is -2.17. The van der Waals surface area contributed by atoms with Crippen LogP contribution in [0, 0.1) is 6.57 Å². The molecule has 0 bridgehead atoms. The fourth-order valence-corrected chi connectivity index (χ4v) is 3.45. The molecule has 2 heterocycles. The Morgan fingerprint density at radius 3 is 3.00 bits per heavy atom. The third-order valence-corrected chi connectivity index (χ3v) is 4.38. The molecule has 0 fully saturated rings. The van der Waals surface area contributed by atoms with Crippen molar-refractivity contribution in [3.63, 3.8) is 0 Å². The van der Waals surface area contributed by atoms with E-state index in [1.54, 1.807) is 18.2 Å². The molecule has 2 aromatic rings. The SMILES string of the molecule is [C-]#[N+]c1ccc2c(c1)C(c1nc(Cl)nc3c1CCC3)C(=O)N2. The number of rotatable bonds is 1. The van der Waals surface area contributed by atoms with Crippen LogP contribution in [0.1, 0.15) is 34.9 Å². The van der Waals surface area contributed by atoms with Crippen molar-refractivity contribution in [1.82, 2.24) is 9.97 Å². The fourth-order valence-electron chi connectivity index (χ4n) is 3.26. The van der Waals surface area contributed by atoms with Gasteiger partial charge >= 0.3 is 0 Å². The Morgan fingerprint density at radius 2 is 2.18 bits per heavy atom. The monoisotopic (exact) mass is 310 g/mol. The van der Waals surface area contributed by atoms with Crippen LogP contribution in [0.3, 0.4) is 0 Å².